The van der Waals surface area contributed by atoms with Crippen molar-refractivity contribution >= 4 is 23.2 Å². The molecule has 1 aliphatic heterocycles. The molecule has 0 saturated heterocycles. The van der Waals surface area contributed by atoms with Gasteiger partial charge in [0.05, 0.1) is 6.54 Å². The predicted octanol–water partition coefficient (Wildman–Crippen LogP) is 5.40. The molecular weight excluding hydrogens is 467 g/mol. The molecule has 184 valence electrons. The first-order valence-electron chi connectivity index (χ1n) is 11.7. The van der Waals surface area contributed by atoms with Crippen LogP contribution in [-0.2, 0) is 17.9 Å². The fourth-order valence-corrected chi connectivity index (χ4v) is 4.79. The second-order valence-electron chi connectivity index (χ2n) is 8.55. The number of fused-ring (bicyclic) bond motifs is 1. The second kappa shape index (κ2) is 11.4. The van der Waals surface area contributed by atoms with Crippen LogP contribution in [0.25, 0.3) is 0 Å². The lowest BCUT2D eigenvalue weighted by Crippen LogP contribution is -2.43. The van der Waals surface area contributed by atoms with Crippen LogP contribution >= 0.6 is 11.3 Å². The Bertz CT molecular complexity index is 1180. The smallest absolute Gasteiger partial charge is 0.254 e. The molecule has 2 heterocycles. The van der Waals surface area contributed by atoms with E-state index in [9.17, 15) is 14.0 Å². The van der Waals surface area contributed by atoms with Gasteiger partial charge in [-0.05, 0) is 72.3 Å². The van der Waals surface area contributed by atoms with E-state index >= 15 is 0 Å². The molecular formula is C27H29FN2O4S. The number of unbranched alkanes of at least 4 members (excludes halogenated alkanes) is 1. The van der Waals surface area contributed by atoms with Crippen LogP contribution in [0.4, 0.5) is 4.39 Å². The number of halogens is 1. The molecule has 0 bridgehead atoms. The van der Waals surface area contributed by atoms with Gasteiger partial charge < -0.3 is 19.3 Å². The first-order valence-corrected chi connectivity index (χ1v) is 12.6. The van der Waals surface area contributed by atoms with Crippen LogP contribution in [0.3, 0.4) is 0 Å². The topological polar surface area (TPSA) is 59.1 Å². The molecule has 2 aromatic carbocycles. The van der Waals surface area contributed by atoms with Gasteiger partial charge >= 0.3 is 0 Å². The van der Waals surface area contributed by atoms with Crippen LogP contribution in [0.5, 0.6) is 11.5 Å². The molecule has 35 heavy (non-hydrogen) atoms. The number of hydrogen-bond acceptors (Lipinski definition) is 5. The number of rotatable bonds is 10. The highest BCUT2D eigenvalue weighted by Crippen LogP contribution is 2.33. The summed E-state index contributed by atoms with van der Waals surface area (Å²) in [7, 11) is 0. The highest BCUT2D eigenvalue weighted by Gasteiger charge is 2.24. The molecule has 1 aliphatic rings. The summed E-state index contributed by atoms with van der Waals surface area (Å²) in [5.41, 5.74) is 2.41. The molecule has 0 fully saturated rings. The van der Waals surface area contributed by atoms with Gasteiger partial charge in [0.25, 0.3) is 5.91 Å². The Hall–Kier alpha value is -3.39. The van der Waals surface area contributed by atoms with Crippen molar-refractivity contribution in [2.75, 3.05) is 19.9 Å². The number of benzene rings is 2. The molecule has 3 aromatic rings. The molecule has 8 heteroatoms. The molecule has 0 unspecified atom stereocenters. The van der Waals surface area contributed by atoms with Gasteiger partial charge in [-0.3, -0.25) is 9.59 Å². The largest absolute Gasteiger partial charge is 0.454 e. The summed E-state index contributed by atoms with van der Waals surface area (Å²) < 4.78 is 24.3. The van der Waals surface area contributed by atoms with Gasteiger partial charge in [-0.2, -0.15) is 0 Å². The summed E-state index contributed by atoms with van der Waals surface area (Å²) in [6.07, 6.45) is 1.66. The second-order valence-corrected chi connectivity index (χ2v) is 9.55. The van der Waals surface area contributed by atoms with Crippen molar-refractivity contribution in [2.45, 2.75) is 39.8 Å². The van der Waals surface area contributed by atoms with Crippen LogP contribution in [0.2, 0.25) is 0 Å². The van der Waals surface area contributed by atoms with E-state index in [1.54, 1.807) is 21.1 Å². The van der Waals surface area contributed by atoms with Crippen molar-refractivity contribution in [3.05, 3.63) is 81.3 Å². The Morgan fingerprint density at radius 2 is 1.77 bits per heavy atom. The third-order valence-electron chi connectivity index (χ3n) is 5.95. The van der Waals surface area contributed by atoms with E-state index in [1.807, 2.05) is 43.5 Å². The van der Waals surface area contributed by atoms with E-state index in [1.165, 1.54) is 24.3 Å². The third kappa shape index (κ3) is 6.19. The van der Waals surface area contributed by atoms with Crippen molar-refractivity contribution in [1.82, 2.24) is 9.80 Å². The lowest BCUT2D eigenvalue weighted by molar-refractivity contribution is -0.133. The summed E-state index contributed by atoms with van der Waals surface area (Å²) in [6, 6.07) is 13.1. The van der Waals surface area contributed by atoms with Gasteiger partial charge in [-0.15, -0.1) is 11.3 Å². The van der Waals surface area contributed by atoms with Crippen LogP contribution in [0.15, 0.2) is 53.9 Å². The Morgan fingerprint density at radius 3 is 2.49 bits per heavy atom. The zero-order chi connectivity index (χ0) is 24.8. The average molecular weight is 497 g/mol. The normalized spacial score (nSPS) is 12.0. The molecule has 0 saturated carbocycles. The summed E-state index contributed by atoms with van der Waals surface area (Å²) >= 11 is 1.61. The number of carbonyl (C=O) groups excluding carboxylic acids is 2. The van der Waals surface area contributed by atoms with E-state index < -0.39 is 5.82 Å². The Labute approximate surface area is 208 Å². The number of hydrogen-bond donors (Lipinski definition) is 0. The van der Waals surface area contributed by atoms with Crippen molar-refractivity contribution in [1.29, 1.82) is 0 Å². The molecule has 6 nitrogen and oxygen atoms in total. The number of amides is 2. The minimum atomic E-state index is -0.404. The molecule has 0 spiro atoms. The predicted molar refractivity (Wildman–Crippen MR) is 133 cm³/mol. The standard InChI is InChI=1S/C27H29FN2O4S/c1-3-4-12-29(27(32)21-6-8-22(28)9-7-21)17-26(31)30(16-25-19(2)11-13-35-25)15-20-5-10-23-24(14-20)34-18-33-23/h5-11,13-14H,3-4,12,15-18H2,1-2H3. The Morgan fingerprint density at radius 1 is 1.00 bits per heavy atom. The van der Waals surface area contributed by atoms with Gasteiger partial charge in [0.15, 0.2) is 11.5 Å². The van der Waals surface area contributed by atoms with Crippen LogP contribution in [0.1, 0.15) is 46.1 Å². The minimum absolute atomic E-state index is 0.0504. The Balaban J connectivity index is 1.55. The Kier molecular flexibility index (Phi) is 8.02. The maximum atomic E-state index is 13.6. The van der Waals surface area contributed by atoms with Crippen LogP contribution in [0, 0.1) is 12.7 Å². The zero-order valence-electron chi connectivity index (χ0n) is 20.0. The van der Waals surface area contributed by atoms with Gasteiger partial charge in [0, 0.05) is 23.5 Å². The van der Waals surface area contributed by atoms with Crippen molar-refractivity contribution < 1.29 is 23.5 Å². The highest BCUT2D eigenvalue weighted by atomic mass is 32.1. The fourth-order valence-electron chi connectivity index (χ4n) is 3.87. The maximum absolute atomic E-state index is 13.6. The molecule has 4 rings (SSSR count). The van der Waals surface area contributed by atoms with Crippen molar-refractivity contribution in [2.24, 2.45) is 0 Å². The number of ether oxygens (including phenoxy) is 2. The average Bonchev–Trinajstić information content (AvgIpc) is 3.49. The summed E-state index contributed by atoms with van der Waals surface area (Å²) in [6.45, 7) is 5.48. The molecule has 2 amide bonds. The number of nitrogens with zero attached hydrogens (tertiary/aromatic N) is 2. The molecule has 0 radical (unpaired) electrons. The first kappa shape index (κ1) is 24.7. The monoisotopic (exact) mass is 496 g/mol. The summed E-state index contributed by atoms with van der Waals surface area (Å²) in [5.74, 6) is 0.526. The number of carbonyl (C=O) groups is 2. The molecule has 0 atom stereocenters. The molecule has 0 aliphatic carbocycles. The van der Waals surface area contributed by atoms with Gasteiger partial charge in [0.1, 0.15) is 12.4 Å². The fraction of sp³-hybridized carbons (Fsp3) is 0.333. The van der Waals surface area contributed by atoms with E-state index in [0.29, 0.717) is 36.7 Å². The first-order chi connectivity index (χ1) is 16.9. The quantitative estimate of drug-likeness (QED) is 0.377. The summed E-state index contributed by atoms with van der Waals surface area (Å²) in [5, 5.41) is 2.01. The third-order valence-corrected chi connectivity index (χ3v) is 6.96. The minimum Gasteiger partial charge on any atom is -0.454 e. The van der Waals surface area contributed by atoms with E-state index in [0.717, 1.165) is 28.8 Å². The lowest BCUT2D eigenvalue weighted by Gasteiger charge is -2.28. The van der Waals surface area contributed by atoms with Gasteiger partial charge in [0.2, 0.25) is 12.7 Å². The van der Waals surface area contributed by atoms with E-state index in [2.05, 4.69) is 0 Å². The van der Waals surface area contributed by atoms with E-state index in [4.69, 9.17) is 9.47 Å². The van der Waals surface area contributed by atoms with Crippen LogP contribution < -0.4 is 9.47 Å². The van der Waals surface area contributed by atoms with Gasteiger partial charge in [-0.25, -0.2) is 4.39 Å². The van der Waals surface area contributed by atoms with Crippen molar-refractivity contribution in [3.8, 4) is 11.5 Å². The maximum Gasteiger partial charge on any atom is 0.254 e. The van der Waals surface area contributed by atoms with E-state index in [-0.39, 0.29) is 25.2 Å². The number of thiophene rings is 1. The SMILES string of the molecule is CCCCN(CC(=O)N(Cc1ccc2c(c1)OCO2)Cc1sccc1C)C(=O)c1ccc(F)cc1. The highest BCUT2D eigenvalue weighted by molar-refractivity contribution is 7.10. The lowest BCUT2D eigenvalue weighted by atomic mass is 10.1. The van der Waals surface area contributed by atoms with Gasteiger partial charge in [-0.1, -0.05) is 19.4 Å². The molecule has 1 aromatic heterocycles. The summed E-state index contributed by atoms with van der Waals surface area (Å²) in [4.78, 5) is 31.2. The van der Waals surface area contributed by atoms with Crippen molar-refractivity contribution in [3.63, 3.8) is 0 Å². The molecule has 0 N–H and O–H groups in total. The van der Waals surface area contributed by atoms with Crippen LogP contribution in [-0.4, -0.2) is 41.5 Å². The zero-order valence-corrected chi connectivity index (χ0v) is 20.8. The number of aryl methyl sites for hydroxylation is 1.